The first-order valence-corrected chi connectivity index (χ1v) is 7.55. The fourth-order valence-corrected chi connectivity index (χ4v) is 3.18. The van der Waals surface area contributed by atoms with E-state index in [1.165, 1.54) is 6.33 Å². The Labute approximate surface area is 138 Å². The second kappa shape index (κ2) is 5.52. The van der Waals surface area contributed by atoms with Gasteiger partial charge in [0.2, 0.25) is 11.9 Å². The minimum absolute atomic E-state index is 0.0950. The Kier molecular flexibility index (Phi) is 3.34. The molecule has 0 radical (unpaired) electrons. The van der Waals surface area contributed by atoms with Crippen LogP contribution in [-0.4, -0.2) is 34.9 Å². The van der Waals surface area contributed by atoms with Crippen molar-refractivity contribution in [3.8, 4) is 11.5 Å². The van der Waals surface area contributed by atoms with Gasteiger partial charge in [-0.25, -0.2) is 4.68 Å². The summed E-state index contributed by atoms with van der Waals surface area (Å²) in [7, 11) is 3.25. The van der Waals surface area contributed by atoms with Crippen LogP contribution in [0.25, 0.3) is 10.8 Å². The van der Waals surface area contributed by atoms with E-state index in [0.29, 0.717) is 11.7 Å². The zero-order valence-electron chi connectivity index (χ0n) is 13.3. The average molecular weight is 324 g/mol. The van der Waals surface area contributed by atoms with Crippen LogP contribution in [0.4, 0.5) is 5.95 Å². The van der Waals surface area contributed by atoms with Crippen LogP contribution in [0.15, 0.2) is 36.7 Å². The zero-order chi connectivity index (χ0) is 16.7. The molecule has 122 valence electrons. The number of fused-ring (bicyclic) bond motifs is 2. The molecule has 1 N–H and O–H groups in total. The van der Waals surface area contributed by atoms with Crippen LogP contribution >= 0.6 is 0 Å². The normalized spacial score (nSPS) is 16.6. The van der Waals surface area contributed by atoms with Gasteiger partial charge in [0, 0.05) is 5.56 Å². The molecule has 24 heavy (non-hydrogen) atoms. The standard InChI is InChI=1S/C17H16N4O3/c1-23-11-5-3-10-4-6-14(24-2)16(12(10)7-11)13-8-15(22)20-17-18-9-19-21(13)17/h3-7,9,13H,8H2,1-2H3,(H,18,19,20,22). The topological polar surface area (TPSA) is 78.3 Å². The Morgan fingerprint density at radius 2 is 2.04 bits per heavy atom. The molecule has 0 spiro atoms. The van der Waals surface area contributed by atoms with Crippen molar-refractivity contribution in [1.29, 1.82) is 0 Å². The number of amides is 1. The van der Waals surface area contributed by atoms with Gasteiger partial charge in [0.25, 0.3) is 0 Å². The number of hydrogen-bond donors (Lipinski definition) is 1. The van der Waals surface area contributed by atoms with Gasteiger partial charge >= 0.3 is 0 Å². The van der Waals surface area contributed by atoms with Gasteiger partial charge in [-0.05, 0) is 29.0 Å². The molecule has 0 bridgehead atoms. The lowest BCUT2D eigenvalue weighted by atomic mass is 9.94. The van der Waals surface area contributed by atoms with Crippen molar-refractivity contribution in [2.24, 2.45) is 0 Å². The summed E-state index contributed by atoms with van der Waals surface area (Å²) in [6, 6.07) is 9.46. The van der Waals surface area contributed by atoms with Gasteiger partial charge in [-0.3, -0.25) is 10.1 Å². The molecule has 1 aliphatic heterocycles. The first-order chi connectivity index (χ1) is 11.7. The summed E-state index contributed by atoms with van der Waals surface area (Å²) in [5.41, 5.74) is 0.899. The molecule has 7 nitrogen and oxygen atoms in total. The summed E-state index contributed by atoms with van der Waals surface area (Å²) >= 11 is 0. The van der Waals surface area contributed by atoms with E-state index in [2.05, 4.69) is 15.4 Å². The number of carbonyl (C=O) groups is 1. The van der Waals surface area contributed by atoms with E-state index in [1.54, 1.807) is 18.9 Å². The van der Waals surface area contributed by atoms with Crippen LogP contribution in [-0.2, 0) is 4.79 Å². The van der Waals surface area contributed by atoms with Gasteiger partial charge in [0.15, 0.2) is 0 Å². The number of carbonyl (C=O) groups excluding carboxylic acids is 1. The average Bonchev–Trinajstić information content (AvgIpc) is 3.07. The van der Waals surface area contributed by atoms with E-state index in [9.17, 15) is 4.79 Å². The van der Waals surface area contributed by atoms with Gasteiger partial charge in [0.05, 0.1) is 26.7 Å². The summed E-state index contributed by atoms with van der Waals surface area (Å²) in [5.74, 6) is 1.80. The van der Waals surface area contributed by atoms with E-state index in [4.69, 9.17) is 9.47 Å². The predicted octanol–water partition coefficient (Wildman–Crippen LogP) is 2.38. The maximum Gasteiger partial charge on any atom is 0.229 e. The van der Waals surface area contributed by atoms with E-state index < -0.39 is 0 Å². The largest absolute Gasteiger partial charge is 0.497 e. The van der Waals surface area contributed by atoms with Gasteiger partial charge in [0.1, 0.15) is 17.8 Å². The highest BCUT2D eigenvalue weighted by Gasteiger charge is 2.31. The van der Waals surface area contributed by atoms with Gasteiger partial charge < -0.3 is 9.47 Å². The number of benzene rings is 2. The highest BCUT2D eigenvalue weighted by molar-refractivity contribution is 5.94. The summed E-state index contributed by atoms with van der Waals surface area (Å²) in [6.45, 7) is 0. The van der Waals surface area contributed by atoms with Crippen molar-refractivity contribution < 1.29 is 14.3 Å². The second-order valence-corrected chi connectivity index (χ2v) is 5.56. The molecule has 2 heterocycles. The lowest BCUT2D eigenvalue weighted by Crippen LogP contribution is -2.29. The Morgan fingerprint density at radius 3 is 2.83 bits per heavy atom. The third kappa shape index (κ3) is 2.17. The lowest BCUT2D eigenvalue weighted by molar-refractivity contribution is -0.117. The molecule has 1 atom stereocenters. The Balaban J connectivity index is 2.00. The number of hydrogen-bond acceptors (Lipinski definition) is 5. The Hall–Kier alpha value is -3.09. The highest BCUT2D eigenvalue weighted by atomic mass is 16.5. The number of ether oxygens (including phenoxy) is 2. The highest BCUT2D eigenvalue weighted by Crippen LogP contribution is 2.40. The summed E-state index contributed by atoms with van der Waals surface area (Å²) < 4.78 is 12.7. The smallest absolute Gasteiger partial charge is 0.229 e. The van der Waals surface area contributed by atoms with E-state index in [0.717, 1.165) is 22.1 Å². The molecule has 0 fully saturated rings. The van der Waals surface area contributed by atoms with Crippen molar-refractivity contribution in [3.05, 3.63) is 42.2 Å². The van der Waals surface area contributed by atoms with Crippen LogP contribution in [0.2, 0.25) is 0 Å². The van der Waals surface area contributed by atoms with Crippen molar-refractivity contribution in [3.63, 3.8) is 0 Å². The van der Waals surface area contributed by atoms with Crippen molar-refractivity contribution in [2.75, 3.05) is 19.5 Å². The molecule has 2 aromatic carbocycles. The third-order valence-electron chi connectivity index (χ3n) is 4.28. The summed E-state index contributed by atoms with van der Waals surface area (Å²) in [5, 5.41) is 9.02. The molecule has 1 amide bonds. The van der Waals surface area contributed by atoms with Gasteiger partial charge in [-0.1, -0.05) is 12.1 Å². The molecule has 0 saturated carbocycles. The number of nitrogens with one attached hydrogen (secondary N) is 1. The molecule has 4 rings (SSSR count). The summed E-state index contributed by atoms with van der Waals surface area (Å²) in [4.78, 5) is 16.2. The lowest BCUT2D eigenvalue weighted by Gasteiger charge is -2.26. The molecule has 1 aromatic heterocycles. The predicted molar refractivity (Wildman–Crippen MR) is 88.5 cm³/mol. The van der Waals surface area contributed by atoms with E-state index in [-0.39, 0.29) is 18.4 Å². The van der Waals surface area contributed by atoms with Gasteiger partial charge in [-0.15, -0.1) is 0 Å². The summed E-state index contributed by atoms with van der Waals surface area (Å²) in [6.07, 6.45) is 1.70. The van der Waals surface area contributed by atoms with Crippen molar-refractivity contribution >= 4 is 22.6 Å². The van der Waals surface area contributed by atoms with Crippen LogP contribution in [0, 0.1) is 0 Å². The van der Waals surface area contributed by atoms with Crippen LogP contribution in [0.1, 0.15) is 18.0 Å². The molecule has 1 unspecified atom stereocenters. The maximum absolute atomic E-state index is 12.1. The minimum Gasteiger partial charge on any atom is -0.497 e. The molecule has 7 heteroatoms. The number of aromatic nitrogens is 3. The number of rotatable bonds is 3. The van der Waals surface area contributed by atoms with E-state index in [1.807, 2.05) is 30.3 Å². The fourth-order valence-electron chi connectivity index (χ4n) is 3.18. The molecule has 0 saturated heterocycles. The monoisotopic (exact) mass is 324 g/mol. The first kappa shape index (κ1) is 14.5. The molecule has 0 aliphatic carbocycles. The molecular weight excluding hydrogens is 308 g/mol. The molecular formula is C17H16N4O3. The van der Waals surface area contributed by atoms with Crippen LogP contribution < -0.4 is 14.8 Å². The third-order valence-corrected chi connectivity index (χ3v) is 4.28. The Morgan fingerprint density at radius 1 is 1.21 bits per heavy atom. The SMILES string of the molecule is COc1ccc2ccc(OC)c(C3CC(=O)Nc4ncnn43)c2c1. The molecule has 3 aromatic rings. The van der Waals surface area contributed by atoms with Crippen molar-refractivity contribution in [1.82, 2.24) is 14.8 Å². The minimum atomic E-state index is -0.290. The van der Waals surface area contributed by atoms with Gasteiger partial charge in [-0.2, -0.15) is 10.1 Å². The quantitative estimate of drug-likeness (QED) is 0.800. The number of anilines is 1. The molecule has 1 aliphatic rings. The van der Waals surface area contributed by atoms with Crippen molar-refractivity contribution in [2.45, 2.75) is 12.5 Å². The maximum atomic E-state index is 12.1. The number of nitrogens with zero attached hydrogens (tertiary/aromatic N) is 3. The second-order valence-electron chi connectivity index (χ2n) is 5.56. The zero-order valence-corrected chi connectivity index (χ0v) is 13.3. The van der Waals surface area contributed by atoms with E-state index >= 15 is 0 Å². The number of methoxy groups -OCH3 is 2. The Bertz CT molecular complexity index is 929. The first-order valence-electron chi connectivity index (χ1n) is 7.55. The van der Waals surface area contributed by atoms with Crippen LogP contribution in [0.5, 0.6) is 11.5 Å². The fraction of sp³-hybridized carbons (Fsp3) is 0.235. The van der Waals surface area contributed by atoms with Crippen LogP contribution in [0.3, 0.4) is 0 Å².